The number of thiophene rings is 1. The minimum atomic E-state index is -0.305. The van der Waals surface area contributed by atoms with Crippen LogP contribution in [0.2, 0.25) is 4.34 Å². The van der Waals surface area contributed by atoms with Gasteiger partial charge >= 0.3 is 0 Å². The highest BCUT2D eigenvalue weighted by atomic mass is 35.5. The second kappa shape index (κ2) is 9.61. The molecular formula is C26H33ClN4O2S. The maximum atomic E-state index is 13.4. The molecule has 182 valence electrons. The molecule has 1 aromatic carbocycles. The summed E-state index contributed by atoms with van der Waals surface area (Å²) < 4.78 is 0.589. The summed E-state index contributed by atoms with van der Waals surface area (Å²) in [7, 11) is 4.28. The zero-order valence-corrected chi connectivity index (χ0v) is 21.5. The van der Waals surface area contributed by atoms with Crippen molar-refractivity contribution in [1.29, 1.82) is 0 Å². The fourth-order valence-electron chi connectivity index (χ4n) is 5.96. The molecule has 2 atom stereocenters. The standard InChI is InChI=1S/C26H33ClN4O2S/c1-29(2)16-14-26(12-3-4-13-26)18-5-7-19(8-6-18)31-17-30-15-11-20(23(30)25(31)33)28-24(32)21-9-10-22(27)34-21/h5-10,20,23H,3-4,11-17H2,1-2H3,(H,28,32)/t20-,23+/m1/s1. The van der Waals surface area contributed by atoms with Crippen LogP contribution in [0.15, 0.2) is 36.4 Å². The van der Waals surface area contributed by atoms with E-state index in [1.165, 1.54) is 49.0 Å². The summed E-state index contributed by atoms with van der Waals surface area (Å²) in [5.41, 5.74) is 2.61. The second-order valence-electron chi connectivity index (χ2n) is 10.2. The van der Waals surface area contributed by atoms with Gasteiger partial charge in [0.1, 0.15) is 6.04 Å². The van der Waals surface area contributed by atoms with E-state index in [-0.39, 0.29) is 29.3 Å². The number of nitrogens with zero attached hydrogens (tertiary/aromatic N) is 3. The Labute approximate surface area is 210 Å². The van der Waals surface area contributed by atoms with Gasteiger partial charge in [0.05, 0.1) is 21.9 Å². The number of hydrogen-bond donors (Lipinski definition) is 1. The molecular weight excluding hydrogens is 468 g/mol. The monoisotopic (exact) mass is 500 g/mol. The predicted molar refractivity (Wildman–Crippen MR) is 138 cm³/mol. The lowest BCUT2D eigenvalue weighted by molar-refractivity contribution is -0.119. The number of carbonyl (C=O) groups is 2. The molecule has 5 rings (SSSR count). The fourth-order valence-corrected chi connectivity index (χ4v) is 6.90. The number of fused-ring (bicyclic) bond motifs is 1. The van der Waals surface area contributed by atoms with Crippen LogP contribution in [0, 0.1) is 0 Å². The number of hydrogen-bond acceptors (Lipinski definition) is 5. The first-order valence-corrected chi connectivity index (χ1v) is 13.4. The topological polar surface area (TPSA) is 55.9 Å². The van der Waals surface area contributed by atoms with E-state index in [1.54, 1.807) is 12.1 Å². The van der Waals surface area contributed by atoms with E-state index in [2.05, 4.69) is 53.5 Å². The summed E-state index contributed by atoms with van der Waals surface area (Å²) in [4.78, 5) is 33.0. The highest BCUT2D eigenvalue weighted by molar-refractivity contribution is 7.18. The second-order valence-corrected chi connectivity index (χ2v) is 11.9. The molecule has 0 bridgehead atoms. The molecule has 3 fully saturated rings. The highest BCUT2D eigenvalue weighted by Gasteiger charge is 2.48. The zero-order chi connectivity index (χ0) is 23.9. The van der Waals surface area contributed by atoms with Crippen molar-refractivity contribution in [2.75, 3.05) is 38.8 Å². The number of anilines is 1. The summed E-state index contributed by atoms with van der Waals surface area (Å²) in [6.45, 7) is 2.47. The molecule has 1 aromatic heterocycles. The average molecular weight is 501 g/mol. The van der Waals surface area contributed by atoms with Crippen LogP contribution >= 0.6 is 22.9 Å². The minimum Gasteiger partial charge on any atom is -0.346 e. The summed E-state index contributed by atoms with van der Waals surface area (Å²) in [5, 5.41) is 3.08. The molecule has 2 aliphatic heterocycles. The lowest BCUT2D eigenvalue weighted by Gasteiger charge is -2.31. The van der Waals surface area contributed by atoms with Gasteiger partial charge in [0.15, 0.2) is 0 Å². The number of rotatable bonds is 7. The maximum Gasteiger partial charge on any atom is 0.261 e. The van der Waals surface area contributed by atoms with Gasteiger partial charge in [-0.1, -0.05) is 36.6 Å². The van der Waals surface area contributed by atoms with E-state index in [0.29, 0.717) is 15.9 Å². The van der Waals surface area contributed by atoms with E-state index in [0.717, 1.165) is 25.2 Å². The minimum absolute atomic E-state index is 0.0722. The zero-order valence-electron chi connectivity index (χ0n) is 19.9. The Bertz CT molecular complexity index is 1050. The molecule has 2 aromatic rings. The van der Waals surface area contributed by atoms with Crippen molar-refractivity contribution in [3.05, 3.63) is 51.2 Å². The Hall–Kier alpha value is -1.93. The van der Waals surface area contributed by atoms with Gasteiger partial charge < -0.3 is 10.2 Å². The van der Waals surface area contributed by atoms with Crippen molar-refractivity contribution in [3.8, 4) is 0 Å². The lowest BCUT2D eigenvalue weighted by atomic mass is 9.76. The molecule has 0 unspecified atom stereocenters. The maximum absolute atomic E-state index is 13.4. The van der Waals surface area contributed by atoms with Gasteiger partial charge in [-0.25, -0.2) is 0 Å². The van der Waals surface area contributed by atoms with Gasteiger partial charge in [0.25, 0.3) is 5.91 Å². The molecule has 1 aliphatic carbocycles. The van der Waals surface area contributed by atoms with E-state index >= 15 is 0 Å². The Morgan fingerprint density at radius 2 is 1.91 bits per heavy atom. The van der Waals surface area contributed by atoms with Crippen molar-refractivity contribution >= 4 is 40.4 Å². The molecule has 34 heavy (non-hydrogen) atoms. The average Bonchev–Trinajstić information content (AvgIpc) is 3.60. The molecule has 1 saturated carbocycles. The van der Waals surface area contributed by atoms with Gasteiger partial charge in [-0.3, -0.25) is 19.4 Å². The van der Waals surface area contributed by atoms with Crippen LogP contribution in [0.1, 0.15) is 53.8 Å². The van der Waals surface area contributed by atoms with Gasteiger partial charge in [0.2, 0.25) is 5.91 Å². The van der Waals surface area contributed by atoms with Crippen molar-refractivity contribution in [2.45, 2.75) is 56.0 Å². The summed E-state index contributed by atoms with van der Waals surface area (Å²) >= 11 is 7.24. The van der Waals surface area contributed by atoms with Gasteiger partial charge in [0, 0.05) is 12.2 Å². The van der Waals surface area contributed by atoms with Crippen LogP contribution in [0.4, 0.5) is 5.69 Å². The first-order valence-electron chi connectivity index (χ1n) is 12.2. The van der Waals surface area contributed by atoms with Gasteiger partial charge in [-0.15, -0.1) is 11.3 Å². The summed E-state index contributed by atoms with van der Waals surface area (Å²) in [5.74, 6) is -0.0816. The number of carbonyl (C=O) groups excluding carboxylic acids is 2. The highest BCUT2D eigenvalue weighted by Crippen LogP contribution is 2.44. The third-order valence-electron chi connectivity index (χ3n) is 7.85. The van der Waals surface area contributed by atoms with Crippen LogP contribution in [0.5, 0.6) is 0 Å². The predicted octanol–water partition coefficient (Wildman–Crippen LogP) is 4.34. The Balaban J connectivity index is 1.28. The quantitative estimate of drug-likeness (QED) is 0.614. The van der Waals surface area contributed by atoms with Crippen molar-refractivity contribution in [1.82, 2.24) is 15.1 Å². The van der Waals surface area contributed by atoms with Crippen LogP contribution < -0.4 is 10.2 Å². The normalized spacial score (nSPS) is 24.2. The van der Waals surface area contributed by atoms with Gasteiger partial charge in [-0.05, 0) is 81.6 Å². The molecule has 3 heterocycles. The fraction of sp³-hybridized carbons (Fsp3) is 0.538. The number of benzene rings is 1. The SMILES string of the molecule is CN(C)CCC1(c2ccc(N3CN4CC[C@@H](NC(=O)c5ccc(Cl)s5)[C@H]4C3=O)cc2)CCCC1. The van der Waals surface area contributed by atoms with Crippen molar-refractivity contribution in [2.24, 2.45) is 0 Å². The summed E-state index contributed by atoms with van der Waals surface area (Å²) in [6, 6.07) is 11.7. The van der Waals surface area contributed by atoms with E-state index in [4.69, 9.17) is 11.6 Å². The van der Waals surface area contributed by atoms with Crippen LogP contribution in [0.25, 0.3) is 0 Å². The smallest absolute Gasteiger partial charge is 0.261 e. The van der Waals surface area contributed by atoms with E-state index < -0.39 is 0 Å². The van der Waals surface area contributed by atoms with Crippen molar-refractivity contribution < 1.29 is 9.59 Å². The third kappa shape index (κ3) is 4.51. The van der Waals surface area contributed by atoms with Crippen LogP contribution in [0.3, 0.4) is 0 Å². The molecule has 6 nitrogen and oxygen atoms in total. The van der Waals surface area contributed by atoms with E-state index in [1.807, 2.05) is 4.90 Å². The number of amides is 2. The number of halogens is 1. The Morgan fingerprint density at radius 1 is 1.18 bits per heavy atom. The first-order chi connectivity index (χ1) is 16.4. The molecule has 0 spiro atoms. The largest absolute Gasteiger partial charge is 0.346 e. The molecule has 2 saturated heterocycles. The molecule has 1 N–H and O–H groups in total. The molecule has 2 amide bonds. The Kier molecular flexibility index (Phi) is 6.73. The molecule has 0 radical (unpaired) electrons. The van der Waals surface area contributed by atoms with Crippen LogP contribution in [-0.4, -0.2) is 67.6 Å². The summed E-state index contributed by atoms with van der Waals surface area (Å²) in [6.07, 6.45) is 7.03. The van der Waals surface area contributed by atoms with Crippen LogP contribution in [-0.2, 0) is 10.2 Å². The van der Waals surface area contributed by atoms with E-state index in [9.17, 15) is 9.59 Å². The third-order valence-corrected chi connectivity index (χ3v) is 9.08. The first kappa shape index (κ1) is 23.8. The lowest BCUT2D eigenvalue weighted by Crippen LogP contribution is -2.46. The Morgan fingerprint density at radius 3 is 2.56 bits per heavy atom. The molecule has 8 heteroatoms. The number of nitrogens with one attached hydrogen (secondary N) is 1. The molecule has 3 aliphatic rings. The van der Waals surface area contributed by atoms with Crippen molar-refractivity contribution in [3.63, 3.8) is 0 Å². The van der Waals surface area contributed by atoms with Gasteiger partial charge in [-0.2, -0.15) is 0 Å².